The Morgan fingerprint density at radius 2 is 1.68 bits per heavy atom. The second-order valence-corrected chi connectivity index (χ2v) is 14.4. The summed E-state index contributed by atoms with van der Waals surface area (Å²) in [6.07, 6.45) is 14.6. The van der Waals surface area contributed by atoms with Crippen molar-refractivity contribution in [3.8, 4) is 11.1 Å². The molecular weight excluding hydrogens is 592 g/mol. The molecule has 0 spiro atoms. The summed E-state index contributed by atoms with van der Waals surface area (Å²) in [7, 11) is 4.03. The van der Waals surface area contributed by atoms with Crippen LogP contribution >= 0.6 is 0 Å². The minimum absolute atomic E-state index is 0.102. The Bertz CT molecular complexity index is 1530. The molecule has 3 heterocycles. The number of hydrogen-bond donors (Lipinski definition) is 1. The molecule has 0 atom stereocenters. The first-order valence-electron chi connectivity index (χ1n) is 17.5. The van der Waals surface area contributed by atoms with Crippen molar-refractivity contribution in [3.63, 3.8) is 0 Å². The van der Waals surface area contributed by atoms with Crippen molar-refractivity contribution in [2.75, 3.05) is 43.5 Å². The summed E-state index contributed by atoms with van der Waals surface area (Å²) in [4.78, 5) is 37.1. The van der Waals surface area contributed by atoms with E-state index in [0.29, 0.717) is 63.2 Å². The summed E-state index contributed by atoms with van der Waals surface area (Å²) in [5.41, 5.74) is 4.42. The number of β-amino-alcohol motifs (C(OH)–C–C–N with tert-alkyl or cyclic N) is 1. The average Bonchev–Trinajstić information content (AvgIpc) is 3.82. The highest BCUT2D eigenvalue weighted by Gasteiger charge is 2.36. The molecule has 2 amide bonds. The highest BCUT2D eigenvalue weighted by atomic mass is 16.6. The van der Waals surface area contributed by atoms with Gasteiger partial charge in [-0.15, -0.1) is 0 Å². The lowest BCUT2D eigenvalue weighted by Gasteiger charge is -2.38. The second kappa shape index (κ2) is 13.7. The van der Waals surface area contributed by atoms with Crippen LogP contribution in [0.4, 0.5) is 16.3 Å². The number of aliphatic hydroxyl groups excluding tert-OH is 1. The quantitative estimate of drug-likeness (QED) is 0.305. The zero-order chi connectivity index (χ0) is 32.5. The van der Waals surface area contributed by atoms with E-state index >= 15 is 0 Å². The number of benzene rings is 1. The molecule has 0 radical (unpaired) electrons. The van der Waals surface area contributed by atoms with Gasteiger partial charge in [0.05, 0.1) is 31.4 Å². The number of pyridine rings is 1. The Kier molecular flexibility index (Phi) is 9.21. The van der Waals surface area contributed by atoms with Crippen LogP contribution in [-0.2, 0) is 9.53 Å². The fraction of sp³-hybridized carbons (Fsp3) is 0.568. The zero-order valence-corrected chi connectivity index (χ0v) is 27.7. The molecule has 3 aliphatic carbocycles. The van der Waals surface area contributed by atoms with Crippen molar-refractivity contribution < 1.29 is 19.4 Å². The molecule has 2 aromatic heterocycles. The molecule has 3 saturated carbocycles. The van der Waals surface area contributed by atoms with Crippen molar-refractivity contribution in [1.29, 1.82) is 0 Å². The molecule has 10 nitrogen and oxygen atoms in total. The van der Waals surface area contributed by atoms with Crippen LogP contribution in [0, 0.1) is 11.8 Å². The van der Waals surface area contributed by atoms with Crippen LogP contribution in [0.1, 0.15) is 81.7 Å². The summed E-state index contributed by atoms with van der Waals surface area (Å²) < 4.78 is 7.80. The van der Waals surface area contributed by atoms with Crippen molar-refractivity contribution in [3.05, 3.63) is 60.6 Å². The monoisotopic (exact) mass is 640 g/mol. The number of amides is 2. The first-order valence-corrected chi connectivity index (χ1v) is 17.5. The summed E-state index contributed by atoms with van der Waals surface area (Å²) in [6.45, 7) is 1.38. The van der Waals surface area contributed by atoms with Gasteiger partial charge in [0.1, 0.15) is 11.9 Å². The molecule has 3 aromatic rings. The molecule has 47 heavy (non-hydrogen) atoms. The number of rotatable bonds is 9. The van der Waals surface area contributed by atoms with Crippen LogP contribution in [0.2, 0.25) is 0 Å². The number of aromatic nitrogens is 3. The molecule has 4 fully saturated rings. The lowest BCUT2D eigenvalue weighted by molar-refractivity contribution is -0.124. The van der Waals surface area contributed by atoms with Crippen LogP contribution in [-0.4, -0.2) is 82.7 Å². The SMILES string of the molecule is CN(C)c1ccc([C@H]2CC[C@H](CN(c3cccc(-c4cnn(C5CC5)c4)c3)C(=O)[C@H]3CC[C@H](OC(=O)N4CC(O)C4)CC3)CC2)cn1. The molecule has 7 rings (SSSR count). The largest absolute Gasteiger partial charge is 0.446 e. The number of nitrogens with zero attached hydrogens (tertiary/aromatic N) is 6. The van der Waals surface area contributed by atoms with Gasteiger partial charge >= 0.3 is 6.09 Å². The topological polar surface area (TPSA) is 104 Å². The lowest BCUT2D eigenvalue weighted by Crippen LogP contribution is -2.54. The standard InChI is InChI=1S/C37H48N6O4/c1-40(2)35-17-12-29(19-38-35)26-8-6-25(7-9-26)21-42(32-5-3-4-28(18-32)30-20-39-43(22-30)31-13-14-31)36(45)27-10-15-34(16-11-27)47-37(46)41-23-33(44)24-41/h3-5,12,17-20,22,25-27,31,33-34,44H,6-11,13-16,21,23-24H2,1-2H3/t25-,26-,27-,34-. The van der Waals surface area contributed by atoms with Gasteiger partial charge in [-0.25, -0.2) is 9.78 Å². The first kappa shape index (κ1) is 31.7. The molecule has 1 saturated heterocycles. The van der Waals surface area contributed by atoms with Crippen LogP contribution in [0.15, 0.2) is 55.0 Å². The molecular formula is C37H48N6O4. The van der Waals surface area contributed by atoms with Crippen LogP contribution < -0.4 is 9.80 Å². The number of carbonyl (C=O) groups excluding carboxylic acids is 2. The maximum Gasteiger partial charge on any atom is 0.410 e. The summed E-state index contributed by atoms with van der Waals surface area (Å²) in [6, 6.07) is 13.3. The third kappa shape index (κ3) is 7.32. The third-order valence-electron chi connectivity index (χ3n) is 10.7. The van der Waals surface area contributed by atoms with E-state index in [0.717, 1.165) is 48.3 Å². The van der Waals surface area contributed by atoms with Gasteiger partial charge in [-0.1, -0.05) is 18.2 Å². The zero-order valence-electron chi connectivity index (χ0n) is 27.7. The van der Waals surface area contributed by atoms with E-state index in [1.54, 1.807) is 0 Å². The predicted molar refractivity (Wildman–Crippen MR) is 181 cm³/mol. The fourth-order valence-electron chi connectivity index (χ4n) is 7.51. The average molecular weight is 641 g/mol. The Balaban J connectivity index is 1.03. The number of anilines is 2. The van der Waals surface area contributed by atoms with Crippen LogP contribution in [0.5, 0.6) is 0 Å². The molecule has 1 aromatic carbocycles. The van der Waals surface area contributed by atoms with E-state index < -0.39 is 6.10 Å². The van der Waals surface area contributed by atoms with E-state index in [2.05, 4.69) is 62.3 Å². The Hall–Kier alpha value is -3.92. The van der Waals surface area contributed by atoms with Crippen molar-refractivity contribution >= 4 is 23.5 Å². The van der Waals surface area contributed by atoms with Crippen molar-refractivity contribution in [1.82, 2.24) is 19.7 Å². The molecule has 0 bridgehead atoms. The second-order valence-electron chi connectivity index (χ2n) is 14.4. The molecule has 4 aliphatic rings. The summed E-state index contributed by atoms with van der Waals surface area (Å²) >= 11 is 0. The van der Waals surface area contributed by atoms with Crippen LogP contribution in [0.25, 0.3) is 11.1 Å². The minimum Gasteiger partial charge on any atom is -0.446 e. The number of likely N-dealkylation sites (tertiary alicyclic amines) is 1. The molecule has 250 valence electrons. The smallest absolute Gasteiger partial charge is 0.410 e. The maximum atomic E-state index is 14.4. The molecule has 1 aliphatic heterocycles. The molecule has 0 unspecified atom stereocenters. The Morgan fingerprint density at radius 1 is 0.915 bits per heavy atom. The first-order chi connectivity index (χ1) is 22.8. The third-order valence-corrected chi connectivity index (χ3v) is 10.7. The highest BCUT2D eigenvalue weighted by Crippen LogP contribution is 2.39. The fourth-order valence-corrected chi connectivity index (χ4v) is 7.51. The van der Waals surface area contributed by atoms with Gasteiger partial charge in [-0.2, -0.15) is 5.10 Å². The predicted octanol–water partition coefficient (Wildman–Crippen LogP) is 6.02. The van der Waals surface area contributed by atoms with E-state index in [-0.39, 0.29) is 24.0 Å². The Labute approximate surface area is 277 Å². The van der Waals surface area contributed by atoms with E-state index in [1.807, 2.05) is 31.4 Å². The van der Waals surface area contributed by atoms with E-state index in [1.165, 1.54) is 23.3 Å². The Morgan fingerprint density at radius 3 is 2.34 bits per heavy atom. The van der Waals surface area contributed by atoms with Gasteiger partial charge in [-0.05, 0) is 105 Å². The van der Waals surface area contributed by atoms with Gasteiger partial charge in [0.15, 0.2) is 0 Å². The molecule has 1 N–H and O–H groups in total. The van der Waals surface area contributed by atoms with Crippen LogP contribution in [0.3, 0.4) is 0 Å². The van der Waals surface area contributed by atoms with E-state index in [9.17, 15) is 14.7 Å². The normalized spacial score (nSPS) is 24.8. The summed E-state index contributed by atoms with van der Waals surface area (Å²) in [5, 5.41) is 14.1. The van der Waals surface area contributed by atoms with Gasteiger partial charge in [0.2, 0.25) is 5.91 Å². The number of hydrogen-bond acceptors (Lipinski definition) is 7. The van der Waals surface area contributed by atoms with Gasteiger partial charge in [0.25, 0.3) is 0 Å². The number of ether oxygens (including phenoxy) is 1. The lowest BCUT2D eigenvalue weighted by atomic mass is 9.78. The van der Waals surface area contributed by atoms with Crippen molar-refractivity contribution in [2.24, 2.45) is 11.8 Å². The van der Waals surface area contributed by atoms with Gasteiger partial charge in [-0.3, -0.25) is 9.48 Å². The summed E-state index contributed by atoms with van der Waals surface area (Å²) in [5.74, 6) is 1.98. The van der Waals surface area contributed by atoms with Gasteiger partial charge in [0, 0.05) is 50.2 Å². The minimum atomic E-state index is -0.448. The molecule has 10 heteroatoms. The number of carbonyl (C=O) groups is 2. The maximum absolute atomic E-state index is 14.4. The van der Waals surface area contributed by atoms with E-state index in [4.69, 9.17) is 4.74 Å². The highest BCUT2D eigenvalue weighted by molar-refractivity contribution is 5.95. The van der Waals surface area contributed by atoms with Gasteiger partial charge < -0.3 is 24.5 Å². The van der Waals surface area contributed by atoms with Crippen molar-refractivity contribution in [2.45, 2.75) is 88.4 Å². The number of aliphatic hydroxyl groups is 1.